The van der Waals surface area contributed by atoms with Crippen molar-refractivity contribution in [1.82, 2.24) is 0 Å². The van der Waals surface area contributed by atoms with E-state index < -0.39 is 11.9 Å². The summed E-state index contributed by atoms with van der Waals surface area (Å²) < 4.78 is 0. The van der Waals surface area contributed by atoms with E-state index in [4.69, 9.17) is 5.11 Å². The molecule has 0 unspecified atom stereocenters. The van der Waals surface area contributed by atoms with Gasteiger partial charge < -0.3 is 5.11 Å². The molecule has 1 fully saturated rings. The van der Waals surface area contributed by atoms with E-state index in [2.05, 4.69) is 12.8 Å². The zero-order chi connectivity index (χ0) is 8.85. The lowest BCUT2D eigenvalue weighted by Gasteiger charge is -1.96. The quantitative estimate of drug-likeness (QED) is 0.565. The summed E-state index contributed by atoms with van der Waals surface area (Å²) in [5, 5.41) is 8.38. The van der Waals surface area contributed by atoms with Crippen molar-refractivity contribution in [2.45, 2.75) is 19.3 Å². The van der Waals surface area contributed by atoms with Crippen molar-refractivity contribution in [2.24, 2.45) is 5.92 Å². The first-order chi connectivity index (χ1) is 5.20. The number of terminal acetylenes is 1. The van der Waals surface area contributed by atoms with Gasteiger partial charge in [-0.3, -0.25) is 9.59 Å². The Morgan fingerprint density at radius 3 is 2.27 bits per heavy atom. The number of hydrogen-bond acceptors (Lipinski definition) is 2. The molecule has 0 radical (unpaired) electrons. The molecule has 0 aliphatic heterocycles. The van der Waals surface area contributed by atoms with Gasteiger partial charge in [0.2, 0.25) is 0 Å². The van der Waals surface area contributed by atoms with E-state index in [1.807, 2.05) is 0 Å². The highest BCUT2D eigenvalue weighted by Gasteiger charge is 2.27. The summed E-state index contributed by atoms with van der Waals surface area (Å²) in [6.45, 7) is 0. The summed E-state index contributed by atoms with van der Waals surface area (Å²) in [5.74, 6) is -1.14. The zero-order valence-electron chi connectivity index (χ0n) is 6.12. The van der Waals surface area contributed by atoms with Crippen molar-refractivity contribution in [1.29, 1.82) is 0 Å². The number of carboxylic acid groups (broad SMARTS) is 1. The van der Waals surface area contributed by atoms with E-state index in [1.165, 1.54) is 0 Å². The maximum absolute atomic E-state index is 10.5. The molecule has 0 saturated heterocycles. The normalized spacial score (nSPS) is 22.0. The summed E-state index contributed by atoms with van der Waals surface area (Å²) in [7, 11) is 0. The van der Waals surface area contributed by atoms with Gasteiger partial charge in [-0.05, 0) is 6.42 Å². The van der Waals surface area contributed by atoms with Crippen molar-refractivity contribution in [3.05, 3.63) is 0 Å². The molecule has 0 aromatic heterocycles. The van der Waals surface area contributed by atoms with Crippen LogP contribution in [0.15, 0.2) is 0 Å². The number of carbonyl (C=O) groups excluding carboxylic acids is 1. The van der Waals surface area contributed by atoms with Crippen molar-refractivity contribution in [2.75, 3.05) is 0 Å². The second-order valence-electron chi connectivity index (χ2n) is 2.32. The van der Waals surface area contributed by atoms with Crippen LogP contribution in [-0.4, -0.2) is 16.9 Å². The first-order valence-corrected chi connectivity index (χ1v) is 3.28. The molecule has 0 aromatic rings. The average molecular weight is 154 g/mol. The van der Waals surface area contributed by atoms with E-state index in [9.17, 15) is 9.59 Å². The molecule has 0 amide bonds. The molecule has 1 aliphatic rings. The standard InChI is InChI=1S/C6H8O3.C2H2/c7-5-2-1-4(3-5)6(8)9;1-2/h4H,1-3H2,(H,8,9);1-2H/t4-;/m0./s1. The molecule has 1 rings (SSSR count). The van der Waals surface area contributed by atoms with Gasteiger partial charge >= 0.3 is 5.97 Å². The third kappa shape index (κ3) is 2.85. The Labute approximate surface area is 65.4 Å². The van der Waals surface area contributed by atoms with E-state index in [0.717, 1.165) is 0 Å². The van der Waals surface area contributed by atoms with Gasteiger partial charge in [0.1, 0.15) is 5.78 Å². The molecule has 0 heterocycles. The van der Waals surface area contributed by atoms with Gasteiger partial charge in [-0.25, -0.2) is 0 Å². The largest absolute Gasteiger partial charge is 0.481 e. The van der Waals surface area contributed by atoms with Gasteiger partial charge in [-0.1, -0.05) is 0 Å². The molecule has 0 bridgehead atoms. The number of aliphatic carboxylic acids is 1. The molecular weight excluding hydrogens is 144 g/mol. The highest BCUT2D eigenvalue weighted by molar-refractivity contribution is 5.87. The van der Waals surface area contributed by atoms with Gasteiger partial charge in [-0.15, -0.1) is 12.8 Å². The van der Waals surface area contributed by atoms with E-state index in [-0.39, 0.29) is 12.2 Å². The fraction of sp³-hybridized carbons (Fsp3) is 0.500. The van der Waals surface area contributed by atoms with E-state index in [1.54, 1.807) is 0 Å². The van der Waals surface area contributed by atoms with Crippen LogP contribution < -0.4 is 0 Å². The molecule has 1 aliphatic carbocycles. The summed E-state index contributed by atoms with van der Waals surface area (Å²) >= 11 is 0. The third-order valence-electron chi connectivity index (χ3n) is 1.59. The summed E-state index contributed by atoms with van der Waals surface area (Å²) in [4.78, 5) is 20.7. The van der Waals surface area contributed by atoms with Crippen molar-refractivity contribution >= 4 is 11.8 Å². The summed E-state index contributed by atoms with van der Waals surface area (Å²) in [6, 6.07) is 0. The van der Waals surface area contributed by atoms with E-state index >= 15 is 0 Å². The molecule has 3 heteroatoms. The van der Waals surface area contributed by atoms with Crippen LogP contribution in [0.25, 0.3) is 0 Å². The molecule has 3 nitrogen and oxygen atoms in total. The van der Waals surface area contributed by atoms with Crippen LogP contribution in [0.4, 0.5) is 0 Å². The lowest BCUT2D eigenvalue weighted by atomic mass is 10.1. The van der Waals surface area contributed by atoms with Crippen LogP contribution in [0, 0.1) is 18.8 Å². The minimum absolute atomic E-state index is 0.0856. The number of rotatable bonds is 1. The Hall–Kier alpha value is -1.30. The molecule has 1 N–H and O–H groups in total. The highest BCUT2D eigenvalue weighted by Crippen LogP contribution is 2.21. The SMILES string of the molecule is C#C.O=C1CC[C@H](C(=O)O)C1. The second kappa shape index (κ2) is 4.51. The van der Waals surface area contributed by atoms with Gasteiger partial charge in [0.25, 0.3) is 0 Å². The first-order valence-electron chi connectivity index (χ1n) is 3.28. The predicted octanol–water partition coefficient (Wildman–Crippen LogP) is 0.690. The van der Waals surface area contributed by atoms with Gasteiger partial charge in [-0.2, -0.15) is 0 Å². The van der Waals surface area contributed by atoms with Crippen LogP contribution >= 0.6 is 0 Å². The molecule has 1 saturated carbocycles. The molecule has 1 atom stereocenters. The first kappa shape index (κ1) is 9.70. The van der Waals surface area contributed by atoms with Crippen LogP contribution in [0.1, 0.15) is 19.3 Å². The Morgan fingerprint density at radius 2 is 2.09 bits per heavy atom. The van der Waals surface area contributed by atoms with E-state index in [0.29, 0.717) is 12.8 Å². The lowest BCUT2D eigenvalue weighted by Crippen LogP contribution is -2.09. The average Bonchev–Trinajstić information content (AvgIpc) is 2.40. The number of carbonyl (C=O) groups is 2. The number of ketones is 1. The van der Waals surface area contributed by atoms with Crippen LogP contribution in [0.5, 0.6) is 0 Å². The smallest absolute Gasteiger partial charge is 0.306 e. The molecule has 0 aromatic carbocycles. The Morgan fingerprint density at radius 1 is 1.55 bits per heavy atom. The van der Waals surface area contributed by atoms with Crippen LogP contribution in [0.2, 0.25) is 0 Å². The fourth-order valence-electron chi connectivity index (χ4n) is 1.02. The molecule has 11 heavy (non-hydrogen) atoms. The number of Topliss-reactive ketones (excluding diaryl/α,β-unsaturated/α-hetero) is 1. The molecule has 0 spiro atoms. The minimum Gasteiger partial charge on any atom is -0.481 e. The van der Waals surface area contributed by atoms with Crippen molar-refractivity contribution < 1.29 is 14.7 Å². The van der Waals surface area contributed by atoms with Crippen LogP contribution in [0.3, 0.4) is 0 Å². The predicted molar refractivity (Wildman–Crippen MR) is 39.9 cm³/mol. The summed E-state index contributed by atoms with van der Waals surface area (Å²) in [5.41, 5.74) is 0. The third-order valence-corrected chi connectivity index (χ3v) is 1.59. The Kier molecular flexibility index (Phi) is 3.97. The van der Waals surface area contributed by atoms with Gasteiger partial charge in [0, 0.05) is 12.8 Å². The number of hydrogen-bond donors (Lipinski definition) is 1. The second-order valence-corrected chi connectivity index (χ2v) is 2.32. The minimum atomic E-state index is -0.833. The monoisotopic (exact) mass is 154 g/mol. The summed E-state index contributed by atoms with van der Waals surface area (Å²) in [6.07, 6.45) is 9.24. The lowest BCUT2D eigenvalue weighted by molar-refractivity contribution is -0.142. The number of carboxylic acids is 1. The van der Waals surface area contributed by atoms with Gasteiger partial charge in [0.15, 0.2) is 0 Å². The maximum atomic E-state index is 10.5. The van der Waals surface area contributed by atoms with Crippen molar-refractivity contribution in [3.8, 4) is 12.8 Å². The Bertz CT molecular complexity index is 181. The highest BCUT2D eigenvalue weighted by atomic mass is 16.4. The zero-order valence-corrected chi connectivity index (χ0v) is 6.12. The van der Waals surface area contributed by atoms with Crippen molar-refractivity contribution in [3.63, 3.8) is 0 Å². The Balaban J connectivity index is 0.000000461. The molecular formula is C8H10O3. The van der Waals surface area contributed by atoms with Crippen LogP contribution in [-0.2, 0) is 9.59 Å². The maximum Gasteiger partial charge on any atom is 0.306 e. The fourth-order valence-corrected chi connectivity index (χ4v) is 1.02. The van der Waals surface area contributed by atoms with Gasteiger partial charge in [0.05, 0.1) is 5.92 Å². The topological polar surface area (TPSA) is 54.4 Å². The molecule has 60 valence electrons.